The maximum absolute atomic E-state index is 6.10. The molecule has 0 spiro atoms. The number of imidazole rings is 1. The smallest absolute Gasteiger partial charge is 0.124 e. The summed E-state index contributed by atoms with van der Waals surface area (Å²) in [5.41, 5.74) is 3.56. The van der Waals surface area contributed by atoms with Gasteiger partial charge in [-0.25, -0.2) is 4.98 Å². The highest BCUT2D eigenvalue weighted by atomic mass is 35.5. The number of alkyl halides is 1. The number of rotatable bonds is 5. The highest BCUT2D eigenvalue weighted by molar-refractivity contribution is 6.16. The number of nitrogens with zero attached hydrogens (tertiary/aromatic N) is 3. The Balaban J connectivity index is 1.82. The Morgan fingerprint density at radius 3 is 2.71 bits per heavy atom. The Labute approximate surface area is 131 Å². The van der Waals surface area contributed by atoms with Crippen molar-refractivity contribution in [2.24, 2.45) is 5.92 Å². The number of aryl methyl sites for hydroxylation is 1. The molecular weight excluding hydrogens is 282 g/mol. The molecule has 1 aliphatic rings. The van der Waals surface area contributed by atoms with Crippen molar-refractivity contribution in [3.63, 3.8) is 0 Å². The molecule has 4 heteroatoms. The van der Waals surface area contributed by atoms with Gasteiger partial charge in [-0.2, -0.15) is 0 Å². The maximum Gasteiger partial charge on any atom is 0.124 e. The molecule has 0 N–H and O–H groups in total. The lowest BCUT2D eigenvalue weighted by atomic mass is 10.1. The fraction of sp³-hybridized carbons (Fsp3) is 0.588. The lowest BCUT2D eigenvalue weighted by Crippen LogP contribution is -2.27. The predicted molar refractivity (Wildman–Crippen MR) is 88.9 cm³/mol. The first-order valence-corrected chi connectivity index (χ1v) is 8.45. The molecule has 1 aliphatic heterocycles. The van der Waals surface area contributed by atoms with Crippen molar-refractivity contribution >= 4 is 22.6 Å². The van der Waals surface area contributed by atoms with Crippen LogP contribution in [0.4, 0.5) is 0 Å². The van der Waals surface area contributed by atoms with E-state index in [0.29, 0.717) is 11.8 Å². The summed E-state index contributed by atoms with van der Waals surface area (Å²) in [6.07, 6.45) is 2.71. The van der Waals surface area contributed by atoms with Crippen molar-refractivity contribution in [2.75, 3.05) is 19.6 Å². The third kappa shape index (κ3) is 3.24. The van der Waals surface area contributed by atoms with E-state index in [0.717, 1.165) is 17.9 Å². The second kappa shape index (κ2) is 6.37. The number of benzene rings is 1. The summed E-state index contributed by atoms with van der Waals surface area (Å²) in [4.78, 5) is 7.25. The molecule has 1 atom stereocenters. The van der Waals surface area contributed by atoms with E-state index in [-0.39, 0.29) is 0 Å². The molecule has 0 saturated carbocycles. The molecule has 1 aromatic carbocycles. The second-order valence-electron chi connectivity index (χ2n) is 6.38. The standard InChI is InChI=1S/C17H24ClN3/c1-13-5-6-15-16(9-13)21(17(10-18)19-15)12-14(2)11-20-7-3-4-8-20/h5-6,9,14H,3-4,7-8,10-12H2,1-2H3. The van der Waals surface area contributed by atoms with Crippen molar-refractivity contribution in [3.05, 3.63) is 29.6 Å². The highest BCUT2D eigenvalue weighted by Gasteiger charge is 2.17. The minimum atomic E-state index is 0.476. The molecule has 2 aromatic rings. The molecule has 3 rings (SSSR count). The van der Waals surface area contributed by atoms with E-state index in [1.165, 1.54) is 43.6 Å². The third-order valence-corrected chi connectivity index (χ3v) is 4.60. The molecule has 1 aromatic heterocycles. The molecular formula is C17H24ClN3. The van der Waals surface area contributed by atoms with Gasteiger partial charge in [-0.1, -0.05) is 13.0 Å². The monoisotopic (exact) mass is 305 g/mol. The van der Waals surface area contributed by atoms with Crippen molar-refractivity contribution in [1.29, 1.82) is 0 Å². The van der Waals surface area contributed by atoms with Crippen molar-refractivity contribution in [1.82, 2.24) is 14.5 Å². The van der Waals surface area contributed by atoms with E-state index in [4.69, 9.17) is 11.6 Å². The van der Waals surface area contributed by atoms with Crippen LogP contribution in [-0.2, 0) is 12.4 Å². The Morgan fingerprint density at radius 1 is 1.24 bits per heavy atom. The van der Waals surface area contributed by atoms with Gasteiger partial charge in [0.15, 0.2) is 0 Å². The second-order valence-corrected chi connectivity index (χ2v) is 6.64. The highest BCUT2D eigenvalue weighted by Crippen LogP contribution is 2.21. The number of likely N-dealkylation sites (tertiary alicyclic amines) is 1. The molecule has 1 fully saturated rings. The number of halogens is 1. The van der Waals surface area contributed by atoms with E-state index < -0.39 is 0 Å². The van der Waals surface area contributed by atoms with Gasteiger partial charge in [0, 0.05) is 13.1 Å². The summed E-state index contributed by atoms with van der Waals surface area (Å²) in [5.74, 6) is 2.08. The number of aromatic nitrogens is 2. The molecule has 3 nitrogen and oxygen atoms in total. The van der Waals surface area contributed by atoms with Crippen molar-refractivity contribution in [2.45, 2.75) is 39.1 Å². The summed E-state index contributed by atoms with van der Waals surface area (Å²) >= 11 is 6.10. The molecule has 1 unspecified atom stereocenters. The molecule has 0 aliphatic carbocycles. The van der Waals surface area contributed by atoms with Gasteiger partial charge in [0.2, 0.25) is 0 Å². The van der Waals surface area contributed by atoms with E-state index in [1.807, 2.05) is 0 Å². The van der Waals surface area contributed by atoms with Crippen LogP contribution in [-0.4, -0.2) is 34.1 Å². The number of fused-ring (bicyclic) bond motifs is 1. The van der Waals surface area contributed by atoms with Crippen LogP contribution < -0.4 is 0 Å². The van der Waals surface area contributed by atoms with Crippen LogP contribution in [0.2, 0.25) is 0 Å². The minimum absolute atomic E-state index is 0.476. The molecule has 0 radical (unpaired) electrons. The molecule has 21 heavy (non-hydrogen) atoms. The van der Waals surface area contributed by atoms with Gasteiger partial charge >= 0.3 is 0 Å². The summed E-state index contributed by atoms with van der Waals surface area (Å²) in [7, 11) is 0. The zero-order valence-electron chi connectivity index (χ0n) is 13.0. The zero-order chi connectivity index (χ0) is 14.8. The van der Waals surface area contributed by atoms with E-state index in [2.05, 4.69) is 46.5 Å². The van der Waals surface area contributed by atoms with Crippen LogP contribution >= 0.6 is 11.6 Å². The average molecular weight is 306 g/mol. The molecule has 2 heterocycles. The van der Waals surface area contributed by atoms with E-state index >= 15 is 0 Å². The molecule has 0 amide bonds. The minimum Gasteiger partial charge on any atom is -0.327 e. The van der Waals surface area contributed by atoms with Gasteiger partial charge in [0.05, 0.1) is 16.9 Å². The Hall–Kier alpha value is -1.06. The predicted octanol–water partition coefficient (Wildman–Crippen LogP) is 3.82. The lowest BCUT2D eigenvalue weighted by Gasteiger charge is -2.21. The van der Waals surface area contributed by atoms with Crippen LogP contribution in [0.1, 0.15) is 31.2 Å². The Bertz CT molecular complexity index is 614. The summed E-state index contributed by atoms with van der Waals surface area (Å²) in [6.45, 7) is 9.15. The van der Waals surface area contributed by atoms with Gasteiger partial charge in [-0.05, 0) is 56.5 Å². The van der Waals surface area contributed by atoms with Crippen LogP contribution in [0.5, 0.6) is 0 Å². The maximum atomic E-state index is 6.10. The van der Waals surface area contributed by atoms with Gasteiger partial charge in [0.25, 0.3) is 0 Å². The van der Waals surface area contributed by atoms with Gasteiger partial charge in [-0.15, -0.1) is 11.6 Å². The average Bonchev–Trinajstić information content (AvgIpc) is 3.07. The number of hydrogen-bond acceptors (Lipinski definition) is 2. The van der Waals surface area contributed by atoms with Gasteiger partial charge in [0.1, 0.15) is 5.82 Å². The van der Waals surface area contributed by atoms with E-state index in [1.54, 1.807) is 0 Å². The van der Waals surface area contributed by atoms with Gasteiger partial charge in [-0.3, -0.25) is 0 Å². The molecule has 0 bridgehead atoms. The number of hydrogen-bond donors (Lipinski definition) is 0. The zero-order valence-corrected chi connectivity index (χ0v) is 13.7. The largest absolute Gasteiger partial charge is 0.327 e. The fourth-order valence-electron chi connectivity index (χ4n) is 3.36. The summed E-state index contributed by atoms with van der Waals surface area (Å²) < 4.78 is 2.32. The van der Waals surface area contributed by atoms with E-state index in [9.17, 15) is 0 Å². The molecule has 1 saturated heterocycles. The Morgan fingerprint density at radius 2 is 2.00 bits per heavy atom. The topological polar surface area (TPSA) is 21.1 Å². The van der Waals surface area contributed by atoms with Crippen molar-refractivity contribution < 1.29 is 0 Å². The fourth-order valence-corrected chi connectivity index (χ4v) is 3.57. The van der Waals surface area contributed by atoms with Crippen molar-refractivity contribution in [3.8, 4) is 0 Å². The van der Waals surface area contributed by atoms with Crippen LogP contribution in [0.3, 0.4) is 0 Å². The van der Waals surface area contributed by atoms with Crippen LogP contribution in [0, 0.1) is 12.8 Å². The normalized spacial score (nSPS) is 17.7. The summed E-state index contributed by atoms with van der Waals surface area (Å²) in [5, 5.41) is 0. The van der Waals surface area contributed by atoms with Gasteiger partial charge < -0.3 is 9.47 Å². The van der Waals surface area contributed by atoms with Crippen LogP contribution in [0.15, 0.2) is 18.2 Å². The third-order valence-electron chi connectivity index (χ3n) is 4.37. The van der Waals surface area contributed by atoms with Crippen LogP contribution in [0.25, 0.3) is 11.0 Å². The first-order chi connectivity index (χ1) is 10.2. The Kier molecular flexibility index (Phi) is 4.51. The summed E-state index contributed by atoms with van der Waals surface area (Å²) in [6, 6.07) is 6.44. The first-order valence-electron chi connectivity index (χ1n) is 7.91. The molecule has 114 valence electrons. The first kappa shape index (κ1) is 14.9. The SMILES string of the molecule is Cc1ccc2nc(CCl)n(CC(C)CN3CCCC3)c2c1. The quantitative estimate of drug-likeness (QED) is 0.783. The lowest BCUT2D eigenvalue weighted by molar-refractivity contribution is 0.272.